The van der Waals surface area contributed by atoms with Crippen LogP contribution in [0.1, 0.15) is 11.5 Å². The van der Waals surface area contributed by atoms with Gasteiger partial charge in [-0.15, -0.1) is 0 Å². The summed E-state index contributed by atoms with van der Waals surface area (Å²) in [5.41, 5.74) is 0.843. The van der Waals surface area contributed by atoms with Gasteiger partial charge in [-0.25, -0.2) is 0 Å². The maximum atomic E-state index is 11.5. The zero-order chi connectivity index (χ0) is 10.1. The monoisotopic (exact) mass is 252 g/mol. The molecule has 3 heteroatoms. The van der Waals surface area contributed by atoms with E-state index in [2.05, 4.69) is 15.9 Å². The van der Waals surface area contributed by atoms with Crippen molar-refractivity contribution in [1.82, 2.24) is 0 Å². The van der Waals surface area contributed by atoms with Crippen molar-refractivity contribution in [3.63, 3.8) is 0 Å². The van der Waals surface area contributed by atoms with Crippen molar-refractivity contribution in [2.45, 2.75) is 12.0 Å². The Balaban J connectivity index is 2.41. The molecule has 1 aliphatic carbocycles. The molecular formula is C11H9BrO2. The first-order valence-corrected chi connectivity index (χ1v) is 5.14. The van der Waals surface area contributed by atoms with Crippen molar-refractivity contribution in [2.75, 3.05) is 0 Å². The van der Waals surface area contributed by atoms with Crippen molar-refractivity contribution in [3.8, 4) is 0 Å². The highest BCUT2D eigenvalue weighted by atomic mass is 79.9. The molecule has 0 aliphatic heterocycles. The molecule has 0 heterocycles. The van der Waals surface area contributed by atoms with Crippen LogP contribution in [0.25, 0.3) is 0 Å². The van der Waals surface area contributed by atoms with Crippen LogP contribution in [0.2, 0.25) is 0 Å². The van der Waals surface area contributed by atoms with Crippen LogP contribution in [0.5, 0.6) is 0 Å². The van der Waals surface area contributed by atoms with E-state index in [1.165, 1.54) is 12.2 Å². The first-order chi connectivity index (χ1) is 6.70. The number of carbonyl (C=O) groups excluding carboxylic acids is 1. The Hall–Kier alpha value is -0.930. The first-order valence-electron chi connectivity index (χ1n) is 4.34. The molecule has 1 aromatic rings. The Morgan fingerprint density at radius 1 is 1.29 bits per heavy atom. The van der Waals surface area contributed by atoms with Crippen molar-refractivity contribution >= 4 is 21.7 Å². The Morgan fingerprint density at radius 3 is 2.57 bits per heavy atom. The summed E-state index contributed by atoms with van der Waals surface area (Å²) in [6, 6.07) is 7.46. The lowest BCUT2D eigenvalue weighted by Crippen LogP contribution is -2.18. The topological polar surface area (TPSA) is 37.3 Å². The second-order valence-electron chi connectivity index (χ2n) is 3.25. The Bertz CT molecular complexity index is 398. The molecule has 0 aromatic heterocycles. The number of ketones is 1. The van der Waals surface area contributed by atoms with E-state index in [4.69, 9.17) is 0 Å². The number of hydrogen-bond donors (Lipinski definition) is 1. The summed E-state index contributed by atoms with van der Waals surface area (Å²) in [6.45, 7) is 0. The molecule has 0 saturated heterocycles. The summed E-state index contributed by atoms with van der Waals surface area (Å²) in [7, 11) is 0. The molecule has 0 unspecified atom stereocenters. The molecule has 2 rings (SSSR count). The zero-order valence-electron chi connectivity index (χ0n) is 7.35. The summed E-state index contributed by atoms with van der Waals surface area (Å²) in [4.78, 5) is 11.5. The van der Waals surface area contributed by atoms with Crippen molar-refractivity contribution in [2.24, 2.45) is 0 Å². The average molecular weight is 253 g/mol. The molecule has 0 spiro atoms. The van der Waals surface area contributed by atoms with Crippen LogP contribution in [0, 0.1) is 0 Å². The highest BCUT2D eigenvalue weighted by molar-refractivity contribution is 9.10. The van der Waals surface area contributed by atoms with E-state index in [0.29, 0.717) is 0 Å². The highest BCUT2D eigenvalue weighted by Crippen LogP contribution is 2.31. The molecule has 1 aliphatic rings. The lowest BCUT2D eigenvalue weighted by Gasteiger charge is -2.14. The predicted octanol–water partition coefficient (Wildman–Crippen LogP) is 2.03. The Labute approximate surface area is 90.4 Å². The summed E-state index contributed by atoms with van der Waals surface area (Å²) < 4.78 is 0.862. The zero-order valence-corrected chi connectivity index (χ0v) is 8.94. The SMILES string of the molecule is O=C1C=C[C@@H](O)[C@@H]1c1ccccc1Br. The predicted molar refractivity (Wildman–Crippen MR) is 57.0 cm³/mol. The summed E-state index contributed by atoms with van der Waals surface area (Å²) in [5, 5.41) is 9.61. The van der Waals surface area contributed by atoms with Crippen LogP contribution >= 0.6 is 15.9 Å². The largest absolute Gasteiger partial charge is 0.388 e. The molecule has 0 radical (unpaired) electrons. The number of rotatable bonds is 1. The van der Waals surface area contributed by atoms with Crippen molar-refractivity contribution < 1.29 is 9.90 Å². The van der Waals surface area contributed by atoms with Crippen LogP contribution in [-0.4, -0.2) is 17.0 Å². The fraction of sp³-hybridized carbons (Fsp3) is 0.182. The van der Waals surface area contributed by atoms with Gasteiger partial charge in [-0.2, -0.15) is 0 Å². The summed E-state index contributed by atoms with van der Waals surface area (Å²) >= 11 is 3.37. The third kappa shape index (κ3) is 1.53. The van der Waals surface area contributed by atoms with E-state index in [9.17, 15) is 9.90 Å². The maximum absolute atomic E-state index is 11.5. The van der Waals surface area contributed by atoms with E-state index in [1.54, 1.807) is 0 Å². The van der Waals surface area contributed by atoms with E-state index < -0.39 is 12.0 Å². The van der Waals surface area contributed by atoms with Gasteiger partial charge in [0, 0.05) is 4.47 Å². The molecule has 2 atom stereocenters. The first kappa shape index (κ1) is 9.62. The van der Waals surface area contributed by atoms with E-state index in [0.717, 1.165) is 10.0 Å². The number of hydrogen-bond acceptors (Lipinski definition) is 2. The second-order valence-corrected chi connectivity index (χ2v) is 4.11. The number of aliphatic hydroxyl groups is 1. The molecule has 1 aromatic carbocycles. The quantitative estimate of drug-likeness (QED) is 0.831. The molecule has 1 N–H and O–H groups in total. The van der Waals surface area contributed by atoms with Crippen LogP contribution in [-0.2, 0) is 4.79 Å². The molecule has 0 saturated carbocycles. The van der Waals surface area contributed by atoms with Gasteiger partial charge in [0.1, 0.15) is 0 Å². The van der Waals surface area contributed by atoms with Crippen molar-refractivity contribution in [3.05, 3.63) is 46.5 Å². The fourth-order valence-corrected chi connectivity index (χ4v) is 2.17. The van der Waals surface area contributed by atoms with Gasteiger partial charge < -0.3 is 5.11 Å². The lowest BCUT2D eigenvalue weighted by molar-refractivity contribution is -0.116. The van der Waals surface area contributed by atoms with Crippen LogP contribution < -0.4 is 0 Å². The van der Waals surface area contributed by atoms with E-state index >= 15 is 0 Å². The Kier molecular flexibility index (Phi) is 2.52. The summed E-state index contributed by atoms with van der Waals surface area (Å²) in [6.07, 6.45) is 2.28. The van der Waals surface area contributed by atoms with Gasteiger partial charge in [0.05, 0.1) is 12.0 Å². The van der Waals surface area contributed by atoms with Crippen molar-refractivity contribution in [1.29, 1.82) is 0 Å². The lowest BCUT2D eigenvalue weighted by atomic mass is 9.94. The summed E-state index contributed by atoms with van der Waals surface area (Å²) in [5.74, 6) is -0.477. The van der Waals surface area contributed by atoms with Crippen LogP contribution in [0.3, 0.4) is 0 Å². The highest BCUT2D eigenvalue weighted by Gasteiger charge is 2.31. The molecular weight excluding hydrogens is 244 g/mol. The molecule has 2 nitrogen and oxygen atoms in total. The second kappa shape index (κ2) is 3.67. The maximum Gasteiger partial charge on any atom is 0.165 e. The minimum absolute atomic E-state index is 0.0376. The van der Waals surface area contributed by atoms with Crippen LogP contribution in [0.15, 0.2) is 40.9 Å². The Morgan fingerprint density at radius 2 is 2.00 bits per heavy atom. The molecule has 14 heavy (non-hydrogen) atoms. The number of halogens is 1. The minimum atomic E-state index is -0.693. The van der Waals surface area contributed by atoms with Gasteiger partial charge in [0.25, 0.3) is 0 Å². The smallest absolute Gasteiger partial charge is 0.165 e. The number of benzene rings is 1. The van der Waals surface area contributed by atoms with Gasteiger partial charge in [-0.3, -0.25) is 4.79 Å². The number of aliphatic hydroxyl groups excluding tert-OH is 1. The van der Waals surface area contributed by atoms with Gasteiger partial charge in [-0.1, -0.05) is 40.2 Å². The molecule has 0 bridgehead atoms. The van der Waals surface area contributed by atoms with Gasteiger partial charge in [0.2, 0.25) is 0 Å². The van der Waals surface area contributed by atoms with Gasteiger partial charge in [-0.05, 0) is 17.7 Å². The minimum Gasteiger partial charge on any atom is -0.388 e. The fourth-order valence-electron chi connectivity index (χ4n) is 1.64. The van der Waals surface area contributed by atoms with Gasteiger partial charge >= 0.3 is 0 Å². The number of allylic oxidation sites excluding steroid dienone is 1. The molecule has 72 valence electrons. The third-order valence-corrected chi connectivity index (χ3v) is 3.07. The standard InChI is InChI=1S/C11H9BrO2/c12-8-4-2-1-3-7(8)11-9(13)5-6-10(11)14/h1-6,9,11,13H/t9-,11+/m1/s1. The van der Waals surface area contributed by atoms with Crippen LogP contribution in [0.4, 0.5) is 0 Å². The van der Waals surface area contributed by atoms with E-state index in [1.807, 2.05) is 24.3 Å². The number of carbonyl (C=O) groups is 1. The van der Waals surface area contributed by atoms with E-state index in [-0.39, 0.29) is 5.78 Å². The van der Waals surface area contributed by atoms with Gasteiger partial charge in [0.15, 0.2) is 5.78 Å². The third-order valence-electron chi connectivity index (χ3n) is 2.35. The average Bonchev–Trinajstić information content (AvgIpc) is 2.48. The normalized spacial score (nSPS) is 25.7. The molecule has 0 amide bonds. The molecule has 0 fully saturated rings.